The lowest BCUT2D eigenvalue weighted by Crippen LogP contribution is -2.35. The molecule has 0 bridgehead atoms. The molecule has 134 valence electrons. The van der Waals surface area contributed by atoms with E-state index in [0.717, 1.165) is 74.8 Å². The normalized spacial score (nSPS) is 19.1. The molecule has 3 heterocycles. The maximum Gasteiger partial charge on any atom is 0.147 e. The SMILES string of the molecule is CCc1cccc(F)c1CN1CCC(c2nnc3n2CCNC3)CC1. The first kappa shape index (κ1) is 16.7. The van der Waals surface area contributed by atoms with Crippen LogP contribution in [0.15, 0.2) is 18.2 Å². The van der Waals surface area contributed by atoms with Gasteiger partial charge in [0.2, 0.25) is 0 Å². The van der Waals surface area contributed by atoms with Gasteiger partial charge in [-0.25, -0.2) is 4.39 Å². The zero-order valence-electron chi connectivity index (χ0n) is 14.8. The molecule has 2 aliphatic rings. The van der Waals surface area contributed by atoms with Crippen molar-refractivity contribution in [2.24, 2.45) is 0 Å². The van der Waals surface area contributed by atoms with Gasteiger partial charge in [-0.05, 0) is 44.0 Å². The summed E-state index contributed by atoms with van der Waals surface area (Å²) in [6.45, 7) is 7.55. The summed E-state index contributed by atoms with van der Waals surface area (Å²) in [6.07, 6.45) is 3.02. The van der Waals surface area contributed by atoms with Gasteiger partial charge in [0.15, 0.2) is 0 Å². The van der Waals surface area contributed by atoms with Gasteiger partial charge in [-0.1, -0.05) is 19.1 Å². The van der Waals surface area contributed by atoms with Gasteiger partial charge in [-0.2, -0.15) is 0 Å². The molecule has 1 fully saturated rings. The number of hydrogen-bond donors (Lipinski definition) is 1. The minimum absolute atomic E-state index is 0.0690. The molecule has 0 spiro atoms. The fourth-order valence-electron chi connectivity index (χ4n) is 4.10. The first-order valence-electron chi connectivity index (χ1n) is 9.37. The van der Waals surface area contributed by atoms with Crippen LogP contribution in [-0.4, -0.2) is 39.3 Å². The Labute approximate surface area is 148 Å². The Balaban J connectivity index is 1.42. The number of nitrogens with zero attached hydrogens (tertiary/aromatic N) is 4. The molecular formula is C19H26FN5. The number of fused-ring (bicyclic) bond motifs is 1. The number of hydrogen-bond acceptors (Lipinski definition) is 4. The molecule has 0 unspecified atom stereocenters. The lowest BCUT2D eigenvalue weighted by Gasteiger charge is -2.32. The van der Waals surface area contributed by atoms with Crippen LogP contribution in [-0.2, 0) is 26.1 Å². The molecule has 0 amide bonds. The summed E-state index contributed by atoms with van der Waals surface area (Å²) in [6, 6.07) is 5.44. The molecule has 6 heteroatoms. The molecule has 0 atom stereocenters. The molecule has 1 saturated heterocycles. The van der Waals surface area contributed by atoms with Crippen molar-refractivity contribution in [3.63, 3.8) is 0 Å². The van der Waals surface area contributed by atoms with Crippen molar-refractivity contribution in [2.45, 2.75) is 51.7 Å². The average Bonchev–Trinajstić information content (AvgIpc) is 3.08. The Bertz CT molecular complexity index is 733. The highest BCUT2D eigenvalue weighted by Crippen LogP contribution is 2.29. The van der Waals surface area contributed by atoms with Crippen LogP contribution in [0, 0.1) is 5.82 Å². The summed E-state index contributed by atoms with van der Waals surface area (Å²) in [7, 11) is 0. The van der Waals surface area contributed by atoms with Crippen LogP contribution in [0.3, 0.4) is 0 Å². The Morgan fingerprint density at radius 3 is 2.84 bits per heavy atom. The van der Waals surface area contributed by atoms with Crippen molar-refractivity contribution in [1.29, 1.82) is 0 Å². The highest BCUT2D eigenvalue weighted by atomic mass is 19.1. The summed E-state index contributed by atoms with van der Waals surface area (Å²) in [4.78, 5) is 2.38. The van der Waals surface area contributed by atoms with E-state index in [1.165, 1.54) is 0 Å². The molecule has 1 aromatic heterocycles. The number of aromatic nitrogens is 3. The molecule has 25 heavy (non-hydrogen) atoms. The van der Waals surface area contributed by atoms with E-state index in [4.69, 9.17) is 0 Å². The lowest BCUT2D eigenvalue weighted by molar-refractivity contribution is 0.197. The highest BCUT2D eigenvalue weighted by Gasteiger charge is 2.27. The fraction of sp³-hybridized carbons (Fsp3) is 0.579. The monoisotopic (exact) mass is 343 g/mol. The number of benzene rings is 1. The van der Waals surface area contributed by atoms with Gasteiger partial charge < -0.3 is 9.88 Å². The molecule has 0 aliphatic carbocycles. The third-order valence-corrected chi connectivity index (χ3v) is 5.58. The Morgan fingerprint density at radius 1 is 1.20 bits per heavy atom. The minimum Gasteiger partial charge on any atom is -0.312 e. The number of aryl methyl sites for hydroxylation is 1. The zero-order valence-corrected chi connectivity index (χ0v) is 14.8. The third kappa shape index (κ3) is 3.33. The van der Waals surface area contributed by atoms with Gasteiger partial charge in [0.05, 0.1) is 6.54 Å². The van der Waals surface area contributed by atoms with Crippen molar-refractivity contribution in [3.05, 3.63) is 46.8 Å². The maximum atomic E-state index is 14.2. The van der Waals surface area contributed by atoms with Gasteiger partial charge in [0.1, 0.15) is 17.5 Å². The van der Waals surface area contributed by atoms with E-state index in [1.54, 1.807) is 6.07 Å². The number of nitrogens with one attached hydrogen (secondary N) is 1. The van der Waals surface area contributed by atoms with E-state index in [1.807, 2.05) is 12.1 Å². The first-order chi connectivity index (χ1) is 12.3. The van der Waals surface area contributed by atoms with Gasteiger partial charge in [0.25, 0.3) is 0 Å². The quantitative estimate of drug-likeness (QED) is 0.926. The average molecular weight is 343 g/mol. The molecule has 5 nitrogen and oxygen atoms in total. The molecule has 2 aliphatic heterocycles. The molecule has 1 aromatic carbocycles. The molecule has 4 rings (SSSR count). The summed E-state index contributed by atoms with van der Waals surface area (Å²) >= 11 is 0. The summed E-state index contributed by atoms with van der Waals surface area (Å²) in [5, 5.41) is 12.1. The largest absolute Gasteiger partial charge is 0.312 e. The molecule has 0 saturated carbocycles. The molecule has 0 radical (unpaired) electrons. The van der Waals surface area contributed by atoms with Crippen molar-refractivity contribution < 1.29 is 4.39 Å². The smallest absolute Gasteiger partial charge is 0.147 e. The van der Waals surface area contributed by atoms with Crippen molar-refractivity contribution in [3.8, 4) is 0 Å². The predicted molar refractivity (Wildman–Crippen MR) is 94.8 cm³/mol. The van der Waals surface area contributed by atoms with Crippen molar-refractivity contribution >= 4 is 0 Å². The van der Waals surface area contributed by atoms with Crippen molar-refractivity contribution in [2.75, 3.05) is 19.6 Å². The number of rotatable bonds is 4. The second-order valence-corrected chi connectivity index (χ2v) is 7.08. The molecule has 1 N–H and O–H groups in total. The topological polar surface area (TPSA) is 46.0 Å². The van der Waals surface area contributed by atoms with Crippen LogP contribution >= 0.6 is 0 Å². The summed E-state index contributed by atoms with van der Waals surface area (Å²) in [5.41, 5.74) is 2.00. The molecule has 2 aromatic rings. The third-order valence-electron chi connectivity index (χ3n) is 5.58. The Morgan fingerprint density at radius 2 is 2.04 bits per heavy atom. The minimum atomic E-state index is -0.0690. The summed E-state index contributed by atoms with van der Waals surface area (Å²) in [5.74, 6) is 2.61. The number of halogens is 1. The lowest BCUT2D eigenvalue weighted by atomic mass is 9.94. The van der Waals surface area contributed by atoms with Crippen molar-refractivity contribution in [1.82, 2.24) is 25.0 Å². The van der Waals surface area contributed by atoms with E-state index < -0.39 is 0 Å². The van der Waals surface area contributed by atoms with E-state index in [2.05, 4.69) is 31.9 Å². The van der Waals surface area contributed by atoms with Gasteiger partial charge >= 0.3 is 0 Å². The standard InChI is InChI=1S/C19H26FN5/c1-2-14-4-3-5-17(20)16(14)13-24-9-6-15(7-10-24)19-23-22-18-12-21-8-11-25(18)19/h3-5,15,21H,2,6-13H2,1H3. The van der Waals surface area contributed by atoms with Crippen LogP contribution in [0.4, 0.5) is 4.39 Å². The molecular weight excluding hydrogens is 317 g/mol. The predicted octanol–water partition coefficient (Wildman–Crippen LogP) is 2.46. The highest BCUT2D eigenvalue weighted by molar-refractivity contribution is 5.28. The first-order valence-corrected chi connectivity index (χ1v) is 9.37. The van der Waals surface area contributed by atoms with E-state index >= 15 is 0 Å². The van der Waals surface area contributed by atoms with Gasteiger partial charge in [-0.3, -0.25) is 4.90 Å². The zero-order chi connectivity index (χ0) is 17.2. The number of piperidine rings is 1. The number of likely N-dealkylation sites (tertiary alicyclic amines) is 1. The summed E-state index contributed by atoms with van der Waals surface area (Å²) < 4.78 is 16.5. The van der Waals surface area contributed by atoms with Gasteiger partial charge in [-0.15, -0.1) is 10.2 Å². The van der Waals surface area contributed by atoms with Crippen LogP contribution < -0.4 is 5.32 Å². The van der Waals surface area contributed by atoms with Crippen LogP contribution in [0.1, 0.15) is 48.5 Å². The Kier molecular flexibility index (Phi) is 4.81. The van der Waals surface area contributed by atoms with Crippen LogP contribution in [0.25, 0.3) is 0 Å². The van der Waals surface area contributed by atoms with E-state index in [9.17, 15) is 4.39 Å². The second-order valence-electron chi connectivity index (χ2n) is 7.08. The van der Waals surface area contributed by atoms with E-state index in [0.29, 0.717) is 12.5 Å². The fourth-order valence-corrected chi connectivity index (χ4v) is 4.10. The maximum absolute atomic E-state index is 14.2. The second kappa shape index (κ2) is 7.22. The van der Waals surface area contributed by atoms with Crippen LogP contribution in [0.2, 0.25) is 0 Å². The van der Waals surface area contributed by atoms with Gasteiger partial charge in [0, 0.05) is 31.1 Å². The van der Waals surface area contributed by atoms with E-state index in [-0.39, 0.29) is 5.82 Å². The van der Waals surface area contributed by atoms with Crippen LogP contribution in [0.5, 0.6) is 0 Å². The Hall–Kier alpha value is -1.79.